The quantitative estimate of drug-likeness (QED) is 0.674. The lowest BCUT2D eigenvalue weighted by molar-refractivity contribution is -0.120. The zero-order valence-corrected chi connectivity index (χ0v) is 14.1. The van der Waals surface area contributed by atoms with Gasteiger partial charge in [0, 0.05) is 22.0 Å². The van der Waals surface area contributed by atoms with Crippen LogP contribution in [0.2, 0.25) is 10.0 Å². The number of carbonyl (C=O) groups is 1. The van der Waals surface area contributed by atoms with Gasteiger partial charge in [0.15, 0.2) is 0 Å². The fraction of sp³-hybridized carbons (Fsp3) is 0.188. The van der Waals surface area contributed by atoms with Gasteiger partial charge in [-0.3, -0.25) is 4.79 Å². The summed E-state index contributed by atoms with van der Waals surface area (Å²) in [6.45, 7) is 3.86. The number of hydrazone groups is 1. The molecule has 0 radical (unpaired) electrons. The highest BCUT2D eigenvalue weighted by Gasteiger charge is 2.12. The third-order valence-corrected chi connectivity index (χ3v) is 3.81. The number of rotatable bonds is 4. The molecule has 0 spiro atoms. The van der Waals surface area contributed by atoms with Gasteiger partial charge in [-0.05, 0) is 38.1 Å². The molecule has 0 atom stereocenters. The van der Waals surface area contributed by atoms with Crippen molar-refractivity contribution in [2.75, 3.05) is 0 Å². The van der Waals surface area contributed by atoms with Crippen molar-refractivity contribution in [2.24, 2.45) is 5.10 Å². The summed E-state index contributed by atoms with van der Waals surface area (Å²) in [4.78, 5) is 11.2. The molecule has 118 valence electrons. The maximum Gasteiger partial charge on any atom is 0.254 e. The van der Waals surface area contributed by atoms with E-state index < -0.39 is 5.91 Å². The highest BCUT2D eigenvalue weighted by Crippen LogP contribution is 2.28. The van der Waals surface area contributed by atoms with Crippen molar-refractivity contribution in [2.45, 2.75) is 20.3 Å². The maximum atomic E-state index is 11.2. The zero-order valence-electron chi connectivity index (χ0n) is 12.6. The molecule has 0 aliphatic carbocycles. The van der Waals surface area contributed by atoms with Gasteiger partial charge in [-0.25, -0.2) is 5.43 Å². The summed E-state index contributed by atoms with van der Waals surface area (Å²) in [5.74, 6) is -0.449. The zero-order chi connectivity index (χ0) is 17.0. The van der Waals surface area contributed by atoms with Crippen LogP contribution in [0.3, 0.4) is 0 Å². The van der Waals surface area contributed by atoms with Gasteiger partial charge in [-0.2, -0.15) is 10.4 Å². The molecule has 0 saturated heterocycles. The number of aryl methyl sites for hydroxylation is 1. The smallest absolute Gasteiger partial charge is 0.254 e. The first-order chi connectivity index (χ1) is 10.9. The second-order valence-corrected chi connectivity index (χ2v) is 5.73. The van der Waals surface area contributed by atoms with Crippen LogP contribution in [-0.2, 0) is 4.79 Å². The molecule has 2 rings (SSSR count). The topological polar surface area (TPSA) is 70.2 Å². The van der Waals surface area contributed by atoms with E-state index in [0.717, 1.165) is 22.6 Å². The summed E-state index contributed by atoms with van der Waals surface area (Å²) in [6.07, 6.45) is 1.31. The summed E-state index contributed by atoms with van der Waals surface area (Å²) < 4.78 is 1.96. The number of carbonyl (C=O) groups excluding carboxylic acids is 1. The van der Waals surface area contributed by atoms with E-state index in [1.165, 1.54) is 6.21 Å². The molecule has 0 bridgehead atoms. The molecule has 1 amide bonds. The number of halogens is 2. The second kappa shape index (κ2) is 7.32. The highest BCUT2D eigenvalue weighted by molar-refractivity contribution is 6.34. The van der Waals surface area contributed by atoms with Gasteiger partial charge < -0.3 is 4.57 Å². The number of hydrogen-bond donors (Lipinski definition) is 1. The van der Waals surface area contributed by atoms with Gasteiger partial charge in [0.25, 0.3) is 5.91 Å². The van der Waals surface area contributed by atoms with Crippen molar-refractivity contribution in [3.8, 4) is 11.8 Å². The maximum absolute atomic E-state index is 11.2. The van der Waals surface area contributed by atoms with E-state index in [2.05, 4.69) is 10.5 Å². The Labute approximate surface area is 144 Å². The summed E-state index contributed by atoms with van der Waals surface area (Å²) >= 11 is 12.3. The number of hydrogen-bond acceptors (Lipinski definition) is 3. The van der Waals surface area contributed by atoms with Crippen molar-refractivity contribution in [1.29, 1.82) is 5.26 Å². The molecule has 1 aromatic carbocycles. The van der Waals surface area contributed by atoms with Crippen LogP contribution >= 0.6 is 23.2 Å². The Kier molecular flexibility index (Phi) is 5.43. The van der Waals surface area contributed by atoms with E-state index in [0.29, 0.717) is 10.0 Å². The molecule has 0 unspecified atom stereocenters. The minimum Gasteiger partial charge on any atom is -0.316 e. The Morgan fingerprint density at radius 1 is 1.39 bits per heavy atom. The van der Waals surface area contributed by atoms with Crippen molar-refractivity contribution >= 4 is 35.3 Å². The first kappa shape index (κ1) is 17.1. The molecule has 0 fully saturated rings. The van der Waals surface area contributed by atoms with Crippen molar-refractivity contribution in [1.82, 2.24) is 9.99 Å². The summed E-state index contributed by atoms with van der Waals surface area (Å²) in [5.41, 5.74) is 5.77. The summed E-state index contributed by atoms with van der Waals surface area (Å²) in [5, 5.41) is 13.5. The molecule has 0 saturated carbocycles. The monoisotopic (exact) mass is 348 g/mol. The minimum atomic E-state index is -0.449. The van der Waals surface area contributed by atoms with Gasteiger partial charge in [0.1, 0.15) is 6.42 Å². The minimum absolute atomic E-state index is 0.228. The molecule has 5 nitrogen and oxygen atoms in total. The third kappa shape index (κ3) is 3.92. The summed E-state index contributed by atoms with van der Waals surface area (Å²) in [7, 11) is 0. The number of amides is 1. The Hall–Kier alpha value is -2.29. The van der Waals surface area contributed by atoms with Crippen LogP contribution < -0.4 is 5.43 Å². The molecule has 1 aromatic heterocycles. The fourth-order valence-electron chi connectivity index (χ4n) is 2.23. The third-order valence-electron chi connectivity index (χ3n) is 3.25. The van der Waals surface area contributed by atoms with Crippen LogP contribution in [0.15, 0.2) is 29.4 Å². The number of nitriles is 1. The van der Waals surface area contributed by atoms with Gasteiger partial charge in [0.05, 0.1) is 23.0 Å². The molecule has 7 heteroatoms. The van der Waals surface area contributed by atoms with E-state index in [1.54, 1.807) is 24.3 Å². The van der Waals surface area contributed by atoms with Crippen molar-refractivity contribution in [3.05, 3.63) is 51.3 Å². The van der Waals surface area contributed by atoms with Gasteiger partial charge >= 0.3 is 0 Å². The summed E-state index contributed by atoms with van der Waals surface area (Å²) in [6, 6.07) is 8.95. The molecule has 23 heavy (non-hydrogen) atoms. The molecule has 0 aliphatic heterocycles. The van der Waals surface area contributed by atoms with E-state index >= 15 is 0 Å². The first-order valence-electron chi connectivity index (χ1n) is 6.77. The van der Waals surface area contributed by atoms with E-state index in [1.807, 2.05) is 24.5 Å². The fourth-order valence-corrected chi connectivity index (χ4v) is 2.60. The van der Waals surface area contributed by atoms with E-state index in [9.17, 15) is 4.79 Å². The van der Waals surface area contributed by atoms with E-state index in [-0.39, 0.29) is 6.42 Å². The van der Waals surface area contributed by atoms with Gasteiger partial charge in [-0.1, -0.05) is 23.2 Å². The number of nitrogens with one attached hydrogen (secondary N) is 1. The second-order valence-electron chi connectivity index (χ2n) is 4.89. The largest absolute Gasteiger partial charge is 0.316 e. The molecular formula is C16H14Cl2N4O. The Balaban J connectivity index is 2.33. The van der Waals surface area contributed by atoms with Crippen LogP contribution in [0.1, 0.15) is 23.4 Å². The Bertz CT molecular complexity index is 818. The molecule has 2 aromatic rings. The number of aromatic nitrogens is 1. The van der Waals surface area contributed by atoms with Gasteiger partial charge in [0.2, 0.25) is 0 Å². The number of nitrogens with zero attached hydrogens (tertiary/aromatic N) is 3. The average molecular weight is 349 g/mol. The lowest BCUT2D eigenvalue weighted by Crippen LogP contribution is -2.16. The van der Waals surface area contributed by atoms with Crippen LogP contribution in [0.5, 0.6) is 0 Å². The van der Waals surface area contributed by atoms with Gasteiger partial charge in [-0.15, -0.1) is 0 Å². The predicted octanol–water partition coefficient (Wildman–Crippen LogP) is 3.76. The molecule has 1 N–H and O–H groups in total. The predicted molar refractivity (Wildman–Crippen MR) is 91.2 cm³/mol. The lowest BCUT2D eigenvalue weighted by Gasteiger charge is -2.12. The molecule has 0 aliphatic rings. The average Bonchev–Trinajstić information content (AvgIpc) is 2.77. The standard InChI is InChI=1S/C16H14Cl2N4O/c1-10-7-12(9-20-21-16(23)5-6-19)11(2)22(10)15-8-13(17)3-4-14(15)18/h3-4,7-9H,5H2,1-2H3,(H,21,23)/b20-9-. The SMILES string of the molecule is Cc1cc(/C=N\NC(=O)CC#N)c(C)n1-c1cc(Cl)ccc1Cl. The van der Waals surface area contributed by atoms with Crippen molar-refractivity contribution < 1.29 is 4.79 Å². The van der Waals surface area contributed by atoms with Crippen LogP contribution in [0, 0.1) is 25.2 Å². The van der Waals surface area contributed by atoms with Crippen molar-refractivity contribution in [3.63, 3.8) is 0 Å². The van der Waals surface area contributed by atoms with Crippen LogP contribution in [-0.4, -0.2) is 16.7 Å². The molecular weight excluding hydrogens is 335 g/mol. The first-order valence-corrected chi connectivity index (χ1v) is 7.53. The van der Waals surface area contributed by atoms with Crippen LogP contribution in [0.4, 0.5) is 0 Å². The number of benzene rings is 1. The Morgan fingerprint density at radius 2 is 2.13 bits per heavy atom. The Morgan fingerprint density at radius 3 is 2.83 bits per heavy atom. The molecule has 1 heterocycles. The van der Waals surface area contributed by atoms with E-state index in [4.69, 9.17) is 28.5 Å². The lowest BCUT2D eigenvalue weighted by atomic mass is 10.2. The van der Waals surface area contributed by atoms with Crippen LogP contribution in [0.25, 0.3) is 5.69 Å². The highest BCUT2D eigenvalue weighted by atomic mass is 35.5. The normalized spacial score (nSPS) is 10.7.